The van der Waals surface area contributed by atoms with Crippen LogP contribution in [0.2, 0.25) is 13.1 Å². The second-order valence-corrected chi connectivity index (χ2v) is 7.55. The molecule has 0 saturated carbocycles. The molecule has 11 heavy (non-hydrogen) atoms. The molecule has 0 aliphatic heterocycles. The lowest BCUT2D eigenvalue weighted by atomic mass is 10.4. The molecule has 0 saturated heterocycles. The van der Waals surface area contributed by atoms with E-state index < -0.39 is 8.32 Å². The van der Waals surface area contributed by atoms with Crippen molar-refractivity contribution < 1.29 is 9.16 Å². The van der Waals surface area contributed by atoms with Gasteiger partial charge in [-0.05, 0) is 32.5 Å². The standard InChI is InChI=1S/C8H18O2Si/c1-8(2)6-10-11(4,5)7-9-3/h6H,7H2,1-5H3. The van der Waals surface area contributed by atoms with Crippen LogP contribution in [0.25, 0.3) is 0 Å². The van der Waals surface area contributed by atoms with Crippen LogP contribution in [-0.2, 0) is 9.16 Å². The molecule has 0 unspecified atom stereocenters. The third-order valence-corrected chi connectivity index (χ3v) is 2.85. The Kier molecular flexibility index (Phi) is 4.45. The largest absolute Gasteiger partial charge is 0.547 e. The molecule has 3 heteroatoms. The van der Waals surface area contributed by atoms with E-state index in [2.05, 4.69) is 13.1 Å². The number of rotatable bonds is 4. The van der Waals surface area contributed by atoms with Crippen molar-refractivity contribution in [2.45, 2.75) is 26.9 Å². The minimum Gasteiger partial charge on any atom is -0.547 e. The van der Waals surface area contributed by atoms with Gasteiger partial charge >= 0.3 is 0 Å². The summed E-state index contributed by atoms with van der Waals surface area (Å²) in [4.78, 5) is 0. The minimum absolute atomic E-state index is 0.747. The molecule has 0 heterocycles. The summed E-state index contributed by atoms with van der Waals surface area (Å²) in [5.74, 6) is 0. The van der Waals surface area contributed by atoms with E-state index in [1.165, 1.54) is 5.57 Å². The SMILES string of the molecule is COC[Si](C)(C)OC=C(C)C. The normalized spacial score (nSPS) is 11.0. The molecular formula is C8H18O2Si. The van der Waals surface area contributed by atoms with E-state index in [9.17, 15) is 0 Å². The minimum atomic E-state index is -1.56. The molecule has 0 fully saturated rings. The molecule has 0 bridgehead atoms. The fourth-order valence-corrected chi connectivity index (χ4v) is 1.98. The third-order valence-electron chi connectivity index (χ3n) is 1.11. The van der Waals surface area contributed by atoms with Crippen molar-refractivity contribution in [1.82, 2.24) is 0 Å². The van der Waals surface area contributed by atoms with Gasteiger partial charge in [-0.3, -0.25) is 0 Å². The van der Waals surface area contributed by atoms with Crippen LogP contribution in [0.3, 0.4) is 0 Å². The summed E-state index contributed by atoms with van der Waals surface area (Å²) >= 11 is 0. The van der Waals surface area contributed by atoms with E-state index >= 15 is 0 Å². The Morgan fingerprint density at radius 2 is 1.91 bits per heavy atom. The van der Waals surface area contributed by atoms with Crippen molar-refractivity contribution in [2.75, 3.05) is 13.3 Å². The van der Waals surface area contributed by atoms with Crippen LogP contribution < -0.4 is 0 Å². The summed E-state index contributed by atoms with van der Waals surface area (Å²) < 4.78 is 10.6. The Balaban J connectivity index is 3.81. The Morgan fingerprint density at radius 1 is 1.36 bits per heavy atom. The highest BCUT2D eigenvalue weighted by atomic mass is 28.4. The monoisotopic (exact) mass is 174 g/mol. The van der Waals surface area contributed by atoms with Crippen LogP contribution >= 0.6 is 0 Å². The molecule has 0 aromatic rings. The van der Waals surface area contributed by atoms with Crippen LogP contribution in [0.5, 0.6) is 0 Å². The van der Waals surface area contributed by atoms with Crippen LogP contribution in [0.15, 0.2) is 11.8 Å². The molecule has 0 aromatic heterocycles. The van der Waals surface area contributed by atoms with E-state index in [4.69, 9.17) is 9.16 Å². The Hall–Kier alpha value is -0.283. The molecule has 0 atom stereocenters. The molecule has 0 rings (SSSR count). The van der Waals surface area contributed by atoms with Gasteiger partial charge in [0, 0.05) is 7.11 Å². The van der Waals surface area contributed by atoms with Gasteiger partial charge in [0.15, 0.2) is 0 Å². The van der Waals surface area contributed by atoms with Gasteiger partial charge in [0.25, 0.3) is 8.32 Å². The lowest BCUT2D eigenvalue weighted by molar-refractivity contribution is 0.229. The quantitative estimate of drug-likeness (QED) is 0.481. The number of hydrogen-bond donors (Lipinski definition) is 0. The molecule has 0 aliphatic rings. The first kappa shape index (κ1) is 10.7. The molecule has 0 spiro atoms. The van der Waals surface area contributed by atoms with E-state index in [-0.39, 0.29) is 0 Å². The summed E-state index contributed by atoms with van der Waals surface area (Å²) in [5.41, 5.74) is 1.20. The van der Waals surface area contributed by atoms with Gasteiger partial charge in [-0.2, -0.15) is 0 Å². The summed E-state index contributed by atoms with van der Waals surface area (Å²) in [6, 6.07) is 0. The average molecular weight is 174 g/mol. The highest BCUT2D eigenvalue weighted by Crippen LogP contribution is 2.06. The van der Waals surface area contributed by atoms with Gasteiger partial charge in [0.1, 0.15) is 0 Å². The zero-order valence-electron chi connectivity index (χ0n) is 8.10. The van der Waals surface area contributed by atoms with Crippen molar-refractivity contribution in [3.05, 3.63) is 11.8 Å². The van der Waals surface area contributed by atoms with Gasteiger partial charge < -0.3 is 9.16 Å². The molecule has 2 nitrogen and oxygen atoms in total. The lowest BCUT2D eigenvalue weighted by Gasteiger charge is -2.20. The zero-order valence-corrected chi connectivity index (χ0v) is 9.10. The second-order valence-electron chi connectivity index (χ2n) is 3.51. The molecule has 0 aromatic carbocycles. The summed E-state index contributed by atoms with van der Waals surface area (Å²) in [7, 11) is 0.144. The number of allylic oxidation sites excluding steroid dienone is 1. The van der Waals surface area contributed by atoms with Crippen molar-refractivity contribution in [1.29, 1.82) is 0 Å². The first-order valence-electron chi connectivity index (χ1n) is 3.78. The van der Waals surface area contributed by atoms with E-state index in [0.717, 1.165) is 6.23 Å². The molecule has 0 radical (unpaired) electrons. The Bertz CT molecular complexity index is 137. The summed E-state index contributed by atoms with van der Waals surface area (Å²) in [6.45, 7) is 8.32. The Morgan fingerprint density at radius 3 is 2.27 bits per heavy atom. The predicted octanol–water partition coefficient (Wildman–Crippen LogP) is 2.32. The maximum Gasteiger partial charge on any atom is 0.269 e. The third kappa shape index (κ3) is 6.13. The predicted molar refractivity (Wildman–Crippen MR) is 49.9 cm³/mol. The zero-order chi connectivity index (χ0) is 8.91. The molecule has 0 aliphatic carbocycles. The summed E-state index contributed by atoms with van der Waals surface area (Å²) in [5, 5.41) is 0. The smallest absolute Gasteiger partial charge is 0.269 e. The van der Waals surface area contributed by atoms with Gasteiger partial charge in [-0.25, -0.2) is 0 Å². The maximum atomic E-state index is 5.58. The van der Waals surface area contributed by atoms with Crippen LogP contribution in [0, 0.1) is 0 Å². The topological polar surface area (TPSA) is 18.5 Å². The van der Waals surface area contributed by atoms with Crippen LogP contribution in [0.4, 0.5) is 0 Å². The van der Waals surface area contributed by atoms with Gasteiger partial charge in [-0.1, -0.05) is 0 Å². The van der Waals surface area contributed by atoms with E-state index in [0.29, 0.717) is 0 Å². The first-order valence-corrected chi connectivity index (χ1v) is 6.89. The lowest BCUT2D eigenvalue weighted by Crippen LogP contribution is -2.34. The van der Waals surface area contributed by atoms with Gasteiger partial charge in [-0.15, -0.1) is 0 Å². The van der Waals surface area contributed by atoms with Crippen molar-refractivity contribution in [3.63, 3.8) is 0 Å². The van der Waals surface area contributed by atoms with Crippen LogP contribution in [0.1, 0.15) is 13.8 Å². The van der Waals surface area contributed by atoms with Crippen molar-refractivity contribution >= 4 is 8.32 Å². The highest BCUT2D eigenvalue weighted by molar-refractivity contribution is 6.71. The van der Waals surface area contributed by atoms with E-state index in [1.54, 1.807) is 7.11 Å². The van der Waals surface area contributed by atoms with Gasteiger partial charge in [0.2, 0.25) is 0 Å². The highest BCUT2D eigenvalue weighted by Gasteiger charge is 2.22. The summed E-state index contributed by atoms with van der Waals surface area (Å²) in [6.07, 6.45) is 2.57. The average Bonchev–Trinajstić information content (AvgIpc) is 1.84. The van der Waals surface area contributed by atoms with Crippen molar-refractivity contribution in [2.24, 2.45) is 0 Å². The first-order chi connectivity index (χ1) is 4.98. The van der Waals surface area contributed by atoms with Gasteiger partial charge in [0.05, 0.1) is 12.5 Å². The van der Waals surface area contributed by atoms with Crippen molar-refractivity contribution in [3.8, 4) is 0 Å². The molecule has 66 valence electrons. The number of hydrogen-bond acceptors (Lipinski definition) is 2. The maximum absolute atomic E-state index is 5.58. The second kappa shape index (κ2) is 4.57. The number of ether oxygens (including phenoxy) is 1. The fourth-order valence-electron chi connectivity index (χ4n) is 0.659. The molecule has 0 N–H and O–H groups in total. The Labute approximate surface area is 70.3 Å². The van der Waals surface area contributed by atoms with Crippen LogP contribution in [-0.4, -0.2) is 21.7 Å². The molecular weight excluding hydrogens is 156 g/mol. The molecule has 0 amide bonds. The van der Waals surface area contributed by atoms with E-state index in [1.807, 2.05) is 20.1 Å². The number of methoxy groups -OCH3 is 1. The fraction of sp³-hybridized carbons (Fsp3) is 0.750.